The fraction of sp³-hybridized carbons (Fsp3) is 0.316. The van der Waals surface area contributed by atoms with E-state index in [1.807, 2.05) is 19.9 Å². The van der Waals surface area contributed by atoms with Crippen LogP contribution in [0.15, 0.2) is 42.5 Å². The molecule has 0 saturated heterocycles. The highest BCUT2D eigenvalue weighted by molar-refractivity contribution is 6.05. The average Bonchev–Trinajstić information content (AvgIpc) is 2.57. The monoisotopic (exact) mass is 328 g/mol. The largest absolute Gasteiger partial charge is 0.475 e. The number of hydrogen-bond donors (Lipinski definition) is 1. The van der Waals surface area contributed by atoms with Crippen molar-refractivity contribution in [2.75, 3.05) is 10.6 Å². The molecular weight excluding hydrogens is 307 g/mol. The van der Waals surface area contributed by atoms with Crippen LogP contribution in [0, 0.1) is 5.82 Å². The molecule has 3 rings (SSSR count). The molecule has 0 aromatic heterocycles. The number of ether oxygens (including phenoxy) is 1. The Balaban J connectivity index is 2.10. The predicted molar refractivity (Wildman–Crippen MR) is 92.4 cm³/mol. The van der Waals surface area contributed by atoms with Crippen molar-refractivity contribution in [1.29, 1.82) is 0 Å². The van der Waals surface area contributed by atoms with Gasteiger partial charge in [-0.1, -0.05) is 32.0 Å². The van der Waals surface area contributed by atoms with Gasteiger partial charge in [-0.2, -0.15) is 0 Å². The van der Waals surface area contributed by atoms with Crippen LogP contribution in [-0.4, -0.2) is 11.5 Å². The Morgan fingerprint density at radius 1 is 1.17 bits per heavy atom. The molecule has 126 valence electrons. The molecule has 2 aromatic rings. The summed E-state index contributed by atoms with van der Waals surface area (Å²) in [5, 5.41) is 0. The van der Waals surface area contributed by atoms with E-state index in [1.54, 1.807) is 29.2 Å². The molecule has 1 aliphatic rings. The van der Waals surface area contributed by atoms with Gasteiger partial charge in [-0.25, -0.2) is 4.39 Å². The number of anilines is 2. The van der Waals surface area contributed by atoms with Crippen LogP contribution in [0.25, 0.3) is 0 Å². The highest BCUT2D eigenvalue weighted by Crippen LogP contribution is 2.44. The standard InChI is InChI=1S/C19H21FN2O2/c1-3-19(4-2)18(23)22(12-13-7-5-8-14(20)11-13)17-15(21)9-6-10-16(17)24-19/h5-11H,3-4,12,21H2,1-2H3. The van der Waals surface area contributed by atoms with Gasteiger partial charge in [-0.15, -0.1) is 0 Å². The predicted octanol–water partition coefficient (Wildman–Crippen LogP) is 3.89. The van der Waals surface area contributed by atoms with Gasteiger partial charge in [0.2, 0.25) is 0 Å². The number of nitrogens with two attached hydrogens (primary N) is 1. The fourth-order valence-corrected chi connectivity index (χ4v) is 3.18. The van der Waals surface area contributed by atoms with Crippen LogP contribution in [0.5, 0.6) is 5.75 Å². The summed E-state index contributed by atoms with van der Waals surface area (Å²) in [5.74, 6) is 0.128. The van der Waals surface area contributed by atoms with Crippen molar-refractivity contribution in [2.45, 2.75) is 38.8 Å². The zero-order valence-corrected chi connectivity index (χ0v) is 13.9. The normalized spacial score (nSPS) is 15.8. The van der Waals surface area contributed by atoms with Crippen molar-refractivity contribution in [3.05, 3.63) is 53.8 Å². The van der Waals surface area contributed by atoms with Crippen LogP contribution in [-0.2, 0) is 11.3 Å². The van der Waals surface area contributed by atoms with E-state index in [0.717, 1.165) is 0 Å². The minimum absolute atomic E-state index is 0.137. The second-order valence-corrected chi connectivity index (χ2v) is 6.02. The molecule has 2 N–H and O–H groups in total. The minimum atomic E-state index is -0.909. The lowest BCUT2D eigenvalue weighted by molar-refractivity contribution is -0.136. The fourth-order valence-electron chi connectivity index (χ4n) is 3.18. The Labute approximate surface area is 141 Å². The van der Waals surface area contributed by atoms with Gasteiger partial charge < -0.3 is 10.5 Å². The Kier molecular flexibility index (Phi) is 4.18. The number of nitrogen functional groups attached to an aromatic ring is 1. The number of halogens is 1. The van der Waals surface area contributed by atoms with E-state index in [0.29, 0.717) is 35.5 Å². The maximum absolute atomic E-state index is 13.5. The smallest absolute Gasteiger partial charge is 0.271 e. The first-order valence-electron chi connectivity index (χ1n) is 8.14. The Bertz CT molecular complexity index is 772. The second kappa shape index (κ2) is 6.15. The highest BCUT2D eigenvalue weighted by Gasteiger charge is 2.46. The summed E-state index contributed by atoms with van der Waals surface area (Å²) >= 11 is 0. The number of rotatable bonds is 4. The maximum atomic E-state index is 13.5. The quantitative estimate of drug-likeness (QED) is 0.866. The van der Waals surface area contributed by atoms with Gasteiger partial charge >= 0.3 is 0 Å². The van der Waals surface area contributed by atoms with E-state index < -0.39 is 5.60 Å². The van der Waals surface area contributed by atoms with Crippen molar-refractivity contribution in [3.63, 3.8) is 0 Å². The van der Waals surface area contributed by atoms with Crippen LogP contribution in [0.2, 0.25) is 0 Å². The third kappa shape index (κ3) is 2.60. The summed E-state index contributed by atoms with van der Waals surface area (Å²) in [7, 11) is 0. The molecule has 5 heteroatoms. The molecule has 1 aliphatic heterocycles. The maximum Gasteiger partial charge on any atom is 0.271 e. The molecule has 24 heavy (non-hydrogen) atoms. The summed E-state index contributed by atoms with van der Waals surface area (Å²) in [6.45, 7) is 4.11. The number of fused-ring (bicyclic) bond motifs is 1. The molecule has 0 atom stereocenters. The first-order valence-corrected chi connectivity index (χ1v) is 8.14. The zero-order valence-electron chi connectivity index (χ0n) is 13.9. The number of carbonyl (C=O) groups excluding carboxylic acids is 1. The van der Waals surface area contributed by atoms with E-state index >= 15 is 0 Å². The van der Waals surface area contributed by atoms with E-state index in [4.69, 9.17) is 10.5 Å². The number of carbonyl (C=O) groups is 1. The molecule has 4 nitrogen and oxygen atoms in total. The average molecular weight is 328 g/mol. The third-order valence-electron chi connectivity index (χ3n) is 4.61. The number of hydrogen-bond acceptors (Lipinski definition) is 3. The van der Waals surface area contributed by atoms with Gasteiger partial charge in [0, 0.05) is 0 Å². The Hall–Kier alpha value is -2.56. The molecule has 0 saturated carbocycles. The first-order chi connectivity index (χ1) is 11.5. The van der Waals surface area contributed by atoms with Gasteiger partial charge in [0.05, 0.1) is 12.2 Å². The van der Waals surface area contributed by atoms with Crippen LogP contribution >= 0.6 is 0 Å². The molecule has 0 aliphatic carbocycles. The molecule has 0 spiro atoms. The van der Waals surface area contributed by atoms with Crippen LogP contribution in [0.4, 0.5) is 15.8 Å². The molecule has 0 bridgehead atoms. The Morgan fingerprint density at radius 3 is 2.54 bits per heavy atom. The number of benzene rings is 2. The van der Waals surface area contributed by atoms with E-state index in [-0.39, 0.29) is 18.3 Å². The van der Waals surface area contributed by atoms with Gasteiger partial charge in [-0.05, 0) is 42.7 Å². The summed E-state index contributed by atoms with van der Waals surface area (Å²) in [5.41, 5.74) is 6.93. The van der Waals surface area contributed by atoms with E-state index in [1.165, 1.54) is 12.1 Å². The van der Waals surface area contributed by atoms with Gasteiger partial charge in [-0.3, -0.25) is 9.69 Å². The van der Waals surface area contributed by atoms with E-state index in [9.17, 15) is 9.18 Å². The van der Waals surface area contributed by atoms with Crippen LogP contribution in [0.3, 0.4) is 0 Å². The summed E-state index contributed by atoms with van der Waals surface area (Å²) < 4.78 is 19.6. The zero-order chi connectivity index (χ0) is 17.3. The molecule has 1 amide bonds. The highest BCUT2D eigenvalue weighted by atomic mass is 19.1. The number of nitrogens with zero attached hydrogens (tertiary/aromatic N) is 1. The number of para-hydroxylation sites is 1. The third-order valence-corrected chi connectivity index (χ3v) is 4.61. The lowest BCUT2D eigenvalue weighted by atomic mass is 9.92. The van der Waals surface area contributed by atoms with Gasteiger partial charge in [0.1, 0.15) is 17.3 Å². The van der Waals surface area contributed by atoms with Crippen molar-refractivity contribution in [3.8, 4) is 5.75 Å². The molecule has 0 radical (unpaired) electrons. The number of amides is 1. The van der Waals surface area contributed by atoms with E-state index in [2.05, 4.69) is 0 Å². The van der Waals surface area contributed by atoms with Crippen LogP contribution in [0.1, 0.15) is 32.3 Å². The second-order valence-electron chi connectivity index (χ2n) is 6.02. The summed E-state index contributed by atoms with van der Waals surface area (Å²) in [6.07, 6.45) is 1.10. The molecule has 0 fully saturated rings. The van der Waals surface area contributed by atoms with Crippen molar-refractivity contribution >= 4 is 17.3 Å². The molecule has 1 heterocycles. The summed E-state index contributed by atoms with van der Waals surface area (Å²) in [6, 6.07) is 11.6. The van der Waals surface area contributed by atoms with Gasteiger partial charge in [0.25, 0.3) is 5.91 Å². The van der Waals surface area contributed by atoms with Crippen molar-refractivity contribution in [1.82, 2.24) is 0 Å². The van der Waals surface area contributed by atoms with Gasteiger partial charge in [0.15, 0.2) is 5.60 Å². The Morgan fingerprint density at radius 2 is 1.88 bits per heavy atom. The molecule has 2 aromatic carbocycles. The van der Waals surface area contributed by atoms with Crippen molar-refractivity contribution in [2.24, 2.45) is 0 Å². The first kappa shape index (κ1) is 16.3. The lowest BCUT2D eigenvalue weighted by Gasteiger charge is -2.42. The van der Waals surface area contributed by atoms with Crippen molar-refractivity contribution < 1.29 is 13.9 Å². The topological polar surface area (TPSA) is 55.6 Å². The summed E-state index contributed by atoms with van der Waals surface area (Å²) in [4.78, 5) is 14.8. The SMILES string of the molecule is CCC1(CC)Oc2cccc(N)c2N(Cc2cccc(F)c2)C1=O. The lowest BCUT2D eigenvalue weighted by Crippen LogP contribution is -2.55. The minimum Gasteiger partial charge on any atom is -0.475 e. The molecular formula is C19H21FN2O2. The molecule has 0 unspecified atom stereocenters. The van der Waals surface area contributed by atoms with Crippen LogP contribution < -0.4 is 15.4 Å².